The highest BCUT2D eigenvalue weighted by molar-refractivity contribution is 6.04. The summed E-state index contributed by atoms with van der Waals surface area (Å²) in [5.74, 6) is 0.292. The molecule has 4 rings (SSSR count). The van der Waals surface area contributed by atoms with Crippen molar-refractivity contribution in [2.24, 2.45) is 0 Å². The summed E-state index contributed by atoms with van der Waals surface area (Å²) in [7, 11) is 3.33. The van der Waals surface area contributed by atoms with Gasteiger partial charge in [0.1, 0.15) is 11.6 Å². The van der Waals surface area contributed by atoms with Crippen molar-refractivity contribution in [1.29, 1.82) is 0 Å². The summed E-state index contributed by atoms with van der Waals surface area (Å²) in [4.78, 5) is 32.2. The van der Waals surface area contributed by atoms with Crippen molar-refractivity contribution >= 4 is 17.6 Å². The summed E-state index contributed by atoms with van der Waals surface area (Å²) >= 11 is 0. The van der Waals surface area contributed by atoms with Gasteiger partial charge in [0.05, 0.1) is 19.1 Å². The van der Waals surface area contributed by atoms with E-state index in [4.69, 9.17) is 4.74 Å². The third-order valence-corrected chi connectivity index (χ3v) is 5.24. The van der Waals surface area contributed by atoms with Crippen LogP contribution in [-0.4, -0.2) is 35.9 Å². The zero-order chi connectivity index (χ0) is 20.4. The molecule has 6 nitrogen and oxygen atoms in total. The van der Waals surface area contributed by atoms with Gasteiger partial charge in [-0.15, -0.1) is 0 Å². The van der Waals surface area contributed by atoms with E-state index in [0.29, 0.717) is 22.7 Å². The van der Waals surface area contributed by atoms with Gasteiger partial charge in [-0.1, -0.05) is 36.4 Å². The molecule has 2 atom stereocenters. The number of rotatable bonds is 4. The van der Waals surface area contributed by atoms with Crippen LogP contribution >= 0.6 is 0 Å². The number of anilines is 1. The summed E-state index contributed by atoms with van der Waals surface area (Å²) in [6, 6.07) is 19.6. The van der Waals surface area contributed by atoms with Crippen molar-refractivity contribution in [2.45, 2.75) is 12.0 Å². The number of fused-ring (bicyclic) bond motifs is 1. The number of carbonyl (C=O) groups is 2. The predicted octanol–water partition coefficient (Wildman–Crippen LogP) is 3.64. The number of hydrogen-bond donors (Lipinski definition) is 1. The summed E-state index contributed by atoms with van der Waals surface area (Å²) in [6.45, 7) is 0. The van der Waals surface area contributed by atoms with E-state index >= 15 is 0 Å². The lowest BCUT2D eigenvalue weighted by atomic mass is 9.79. The Hall–Kier alpha value is -3.67. The van der Waals surface area contributed by atoms with Gasteiger partial charge in [-0.25, -0.2) is 4.98 Å². The Morgan fingerprint density at radius 1 is 1.03 bits per heavy atom. The molecule has 0 aliphatic carbocycles. The second-order valence-corrected chi connectivity index (χ2v) is 6.90. The zero-order valence-electron chi connectivity index (χ0n) is 16.2. The molecular formula is C23H21N3O3. The SMILES string of the molecule is COc1ccc([C@@H]2[C@H](C(=O)Nc3ccccn3)c3ccccc3C(=O)N2C)cc1. The van der Waals surface area contributed by atoms with E-state index < -0.39 is 12.0 Å². The Balaban J connectivity index is 1.80. The number of nitrogens with one attached hydrogen (secondary N) is 1. The van der Waals surface area contributed by atoms with Crippen molar-refractivity contribution in [3.63, 3.8) is 0 Å². The average Bonchev–Trinajstić information content (AvgIpc) is 2.77. The number of benzene rings is 2. The summed E-state index contributed by atoms with van der Waals surface area (Å²) in [5, 5.41) is 2.90. The monoisotopic (exact) mass is 387 g/mol. The Bertz CT molecular complexity index is 1030. The summed E-state index contributed by atoms with van der Waals surface area (Å²) < 4.78 is 5.25. The van der Waals surface area contributed by atoms with Crippen LogP contribution in [0.5, 0.6) is 5.75 Å². The van der Waals surface area contributed by atoms with Gasteiger partial charge in [0, 0.05) is 18.8 Å². The van der Waals surface area contributed by atoms with E-state index in [-0.39, 0.29) is 11.8 Å². The first-order valence-corrected chi connectivity index (χ1v) is 9.32. The van der Waals surface area contributed by atoms with Crippen molar-refractivity contribution in [3.05, 3.63) is 89.6 Å². The fourth-order valence-electron chi connectivity index (χ4n) is 3.82. The second kappa shape index (κ2) is 7.75. The van der Waals surface area contributed by atoms with E-state index in [0.717, 1.165) is 5.56 Å². The number of aromatic nitrogens is 1. The third kappa shape index (κ3) is 3.45. The Morgan fingerprint density at radius 2 is 1.76 bits per heavy atom. The maximum atomic E-state index is 13.4. The average molecular weight is 387 g/mol. The van der Waals surface area contributed by atoms with Crippen LogP contribution in [0, 0.1) is 0 Å². The van der Waals surface area contributed by atoms with E-state index in [9.17, 15) is 9.59 Å². The maximum absolute atomic E-state index is 13.4. The topological polar surface area (TPSA) is 71.5 Å². The zero-order valence-corrected chi connectivity index (χ0v) is 16.2. The van der Waals surface area contributed by atoms with Crippen molar-refractivity contribution in [2.75, 3.05) is 19.5 Å². The molecular weight excluding hydrogens is 366 g/mol. The lowest BCUT2D eigenvalue weighted by Crippen LogP contribution is -2.44. The van der Waals surface area contributed by atoms with Gasteiger partial charge >= 0.3 is 0 Å². The molecule has 6 heteroatoms. The first-order valence-electron chi connectivity index (χ1n) is 9.32. The Morgan fingerprint density at radius 3 is 2.45 bits per heavy atom. The number of likely N-dealkylation sites (N-methyl/N-ethyl adjacent to an activating group) is 1. The molecule has 1 aliphatic rings. The van der Waals surface area contributed by atoms with Gasteiger partial charge in [-0.2, -0.15) is 0 Å². The van der Waals surface area contributed by atoms with Crippen molar-refractivity contribution in [3.8, 4) is 5.75 Å². The normalized spacial score (nSPS) is 18.1. The van der Waals surface area contributed by atoms with Crippen LogP contribution in [0.15, 0.2) is 72.9 Å². The number of carbonyl (C=O) groups excluding carboxylic acids is 2. The minimum atomic E-state index is -0.579. The molecule has 2 heterocycles. The molecule has 0 bridgehead atoms. The number of nitrogens with zero attached hydrogens (tertiary/aromatic N) is 2. The summed E-state index contributed by atoms with van der Waals surface area (Å²) in [6.07, 6.45) is 1.63. The molecule has 3 aromatic rings. The largest absolute Gasteiger partial charge is 0.497 e. The fraction of sp³-hybridized carbons (Fsp3) is 0.174. The number of ether oxygens (including phenoxy) is 1. The van der Waals surface area contributed by atoms with Crippen LogP contribution in [-0.2, 0) is 4.79 Å². The number of hydrogen-bond acceptors (Lipinski definition) is 4. The first-order chi connectivity index (χ1) is 14.1. The van der Waals surface area contributed by atoms with E-state index in [1.165, 1.54) is 0 Å². The van der Waals surface area contributed by atoms with Gasteiger partial charge in [0.15, 0.2) is 0 Å². The quantitative estimate of drug-likeness (QED) is 0.742. The van der Waals surface area contributed by atoms with E-state index in [1.54, 1.807) is 43.5 Å². The molecule has 0 saturated carbocycles. The highest BCUT2D eigenvalue weighted by Gasteiger charge is 2.42. The number of amides is 2. The van der Waals surface area contributed by atoms with Gasteiger partial charge in [0.2, 0.25) is 5.91 Å². The van der Waals surface area contributed by atoms with Gasteiger partial charge in [-0.3, -0.25) is 9.59 Å². The van der Waals surface area contributed by atoms with E-state index in [2.05, 4.69) is 10.3 Å². The van der Waals surface area contributed by atoms with Crippen LogP contribution in [0.2, 0.25) is 0 Å². The standard InChI is InChI=1S/C23H21N3O3/c1-26-21(15-10-12-16(29-2)13-11-15)20(17-7-3-4-8-18(17)23(26)28)22(27)25-19-9-5-6-14-24-19/h3-14,20-21H,1-2H3,(H,24,25,27)/t20-,21-/m1/s1. The highest BCUT2D eigenvalue weighted by Crippen LogP contribution is 2.42. The molecule has 1 N–H and O–H groups in total. The molecule has 0 unspecified atom stereocenters. The number of methoxy groups -OCH3 is 1. The second-order valence-electron chi connectivity index (χ2n) is 6.90. The molecule has 1 aliphatic heterocycles. The van der Waals surface area contributed by atoms with Crippen LogP contribution in [0.3, 0.4) is 0 Å². The predicted molar refractivity (Wildman–Crippen MR) is 110 cm³/mol. The Labute approximate surface area is 169 Å². The minimum absolute atomic E-state index is 0.108. The maximum Gasteiger partial charge on any atom is 0.254 e. The molecule has 2 amide bonds. The third-order valence-electron chi connectivity index (χ3n) is 5.24. The van der Waals surface area contributed by atoms with Crippen LogP contribution in [0.4, 0.5) is 5.82 Å². The van der Waals surface area contributed by atoms with Gasteiger partial charge in [-0.05, 0) is 41.5 Å². The molecule has 0 spiro atoms. The van der Waals surface area contributed by atoms with Crippen LogP contribution in [0.25, 0.3) is 0 Å². The smallest absolute Gasteiger partial charge is 0.254 e. The van der Waals surface area contributed by atoms with E-state index in [1.807, 2.05) is 48.5 Å². The lowest BCUT2D eigenvalue weighted by molar-refractivity contribution is -0.119. The molecule has 1 aromatic heterocycles. The summed E-state index contributed by atoms with van der Waals surface area (Å²) in [5.41, 5.74) is 2.11. The molecule has 146 valence electrons. The van der Waals surface area contributed by atoms with Gasteiger partial charge in [0.25, 0.3) is 5.91 Å². The van der Waals surface area contributed by atoms with Gasteiger partial charge < -0.3 is 15.0 Å². The number of pyridine rings is 1. The highest BCUT2D eigenvalue weighted by atomic mass is 16.5. The molecule has 0 saturated heterocycles. The molecule has 2 aromatic carbocycles. The molecule has 29 heavy (non-hydrogen) atoms. The van der Waals surface area contributed by atoms with Crippen molar-refractivity contribution in [1.82, 2.24) is 9.88 Å². The van der Waals surface area contributed by atoms with Crippen molar-refractivity contribution < 1.29 is 14.3 Å². The molecule has 0 radical (unpaired) electrons. The Kier molecular flexibility index (Phi) is 4.99. The van der Waals surface area contributed by atoms with Crippen LogP contribution in [0.1, 0.15) is 33.4 Å². The lowest BCUT2D eigenvalue weighted by Gasteiger charge is -2.39. The first kappa shape index (κ1) is 18.7. The van der Waals surface area contributed by atoms with Crippen LogP contribution < -0.4 is 10.1 Å². The molecule has 0 fully saturated rings. The fourth-order valence-corrected chi connectivity index (χ4v) is 3.82. The minimum Gasteiger partial charge on any atom is -0.497 e.